The number of hydrogen-bond donors (Lipinski definition) is 1. The van der Waals surface area contributed by atoms with Gasteiger partial charge in [-0.3, -0.25) is 4.79 Å². The van der Waals surface area contributed by atoms with Crippen molar-refractivity contribution in [3.8, 4) is 0 Å². The van der Waals surface area contributed by atoms with Gasteiger partial charge in [0.15, 0.2) is 17.5 Å². The fraction of sp³-hybridized carbons (Fsp3) is 0.500. The molecule has 31 heavy (non-hydrogen) atoms. The second kappa shape index (κ2) is 10.2. The summed E-state index contributed by atoms with van der Waals surface area (Å²) in [5.41, 5.74) is -0.855. The molecule has 0 fully saturated rings. The molecule has 1 N–H and O–H groups in total. The average molecular weight is 438 g/mol. The lowest BCUT2D eigenvalue weighted by Crippen LogP contribution is -2.38. The van der Waals surface area contributed by atoms with Crippen LogP contribution < -0.4 is 0 Å². The molecule has 0 aromatic heterocycles. The lowest BCUT2D eigenvalue weighted by atomic mass is 9.69. The highest BCUT2D eigenvalue weighted by atomic mass is 19.2. The molecule has 0 heterocycles. The smallest absolute Gasteiger partial charge is 0.335 e. The summed E-state index contributed by atoms with van der Waals surface area (Å²) in [4.78, 5) is 27.3. The Bertz CT molecular complexity index is 917. The number of benzene rings is 1. The van der Waals surface area contributed by atoms with Crippen molar-refractivity contribution >= 4 is 11.9 Å². The zero-order valence-electron chi connectivity index (χ0n) is 18.5. The van der Waals surface area contributed by atoms with Crippen molar-refractivity contribution in [2.75, 3.05) is 13.1 Å². The molecule has 1 amide bonds. The summed E-state index contributed by atoms with van der Waals surface area (Å²) in [5.74, 6) is -5.82. The van der Waals surface area contributed by atoms with Crippen LogP contribution in [0.1, 0.15) is 65.4 Å². The Morgan fingerprint density at radius 2 is 1.65 bits per heavy atom. The van der Waals surface area contributed by atoms with Crippen LogP contribution in [0.15, 0.2) is 34.9 Å². The molecule has 0 saturated carbocycles. The third-order valence-electron chi connectivity index (χ3n) is 5.61. The van der Waals surface area contributed by atoms with E-state index in [4.69, 9.17) is 0 Å². The summed E-state index contributed by atoms with van der Waals surface area (Å²) in [6, 6.07) is 1.94. The van der Waals surface area contributed by atoms with E-state index in [1.54, 1.807) is 11.8 Å². The van der Waals surface area contributed by atoms with Crippen LogP contribution in [0.5, 0.6) is 0 Å². The molecule has 2 rings (SSSR count). The zero-order chi connectivity index (χ0) is 23.3. The molecule has 0 bridgehead atoms. The monoisotopic (exact) mass is 437 g/mol. The molecular weight excluding hydrogens is 407 g/mol. The minimum Gasteiger partial charge on any atom is -0.478 e. The van der Waals surface area contributed by atoms with Crippen LogP contribution in [0.4, 0.5) is 13.2 Å². The molecule has 1 aromatic rings. The summed E-state index contributed by atoms with van der Waals surface area (Å²) < 4.78 is 42.2. The molecule has 7 heteroatoms. The highest BCUT2D eigenvalue weighted by Crippen LogP contribution is 2.43. The lowest BCUT2D eigenvalue weighted by Gasteiger charge is -2.36. The summed E-state index contributed by atoms with van der Waals surface area (Å²) in [6.45, 7) is 8.35. The topological polar surface area (TPSA) is 57.6 Å². The third-order valence-corrected chi connectivity index (χ3v) is 5.61. The fourth-order valence-electron chi connectivity index (χ4n) is 4.21. The average Bonchev–Trinajstić information content (AvgIpc) is 2.72. The fourth-order valence-corrected chi connectivity index (χ4v) is 4.21. The Hall–Kier alpha value is -2.57. The van der Waals surface area contributed by atoms with Gasteiger partial charge >= 0.3 is 5.97 Å². The molecule has 4 nitrogen and oxygen atoms in total. The van der Waals surface area contributed by atoms with E-state index in [0.29, 0.717) is 37.1 Å². The minimum absolute atomic E-state index is 0.00384. The molecule has 0 radical (unpaired) electrons. The summed E-state index contributed by atoms with van der Waals surface area (Å²) >= 11 is 0. The normalized spacial score (nSPS) is 18.7. The first-order chi connectivity index (χ1) is 14.6. The van der Waals surface area contributed by atoms with Gasteiger partial charge in [0.1, 0.15) is 0 Å². The van der Waals surface area contributed by atoms with E-state index in [0.717, 1.165) is 25.0 Å². The van der Waals surface area contributed by atoms with Crippen LogP contribution in [0.3, 0.4) is 0 Å². The maximum Gasteiger partial charge on any atom is 0.335 e. The van der Waals surface area contributed by atoms with Crippen molar-refractivity contribution in [3.63, 3.8) is 0 Å². The molecular formula is C24H30F3NO3. The molecule has 1 aliphatic rings. The van der Waals surface area contributed by atoms with E-state index in [2.05, 4.69) is 0 Å². The number of rotatable bonds is 9. The van der Waals surface area contributed by atoms with Crippen LogP contribution in [-0.4, -0.2) is 35.0 Å². The second-order valence-corrected chi connectivity index (χ2v) is 8.18. The van der Waals surface area contributed by atoms with Gasteiger partial charge in [-0.05, 0) is 37.3 Å². The third kappa shape index (κ3) is 5.02. The van der Waals surface area contributed by atoms with Gasteiger partial charge in [-0.1, -0.05) is 46.3 Å². The SMILES string of the molecule is CCCC1=C(C(=O)N(CCC)CCC)CC(C)(c2ccc(F)c(F)c2F)C=C1C(=O)O. The number of carboxylic acid groups (broad SMARTS) is 1. The standard InChI is InChI=1S/C24H30F3NO3/c1-5-8-15-16(22(29)28(11-6-2)12-7-3)13-24(4,14-17(15)23(30)31)18-9-10-19(25)21(27)20(18)26/h9-10,14H,5-8,11-13H2,1-4H3,(H,30,31). The van der Waals surface area contributed by atoms with Gasteiger partial charge in [0.2, 0.25) is 5.91 Å². The number of carbonyl (C=O) groups is 2. The van der Waals surface area contributed by atoms with Crippen molar-refractivity contribution in [2.24, 2.45) is 0 Å². The number of hydrogen-bond acceptors (Lipinski definition) is 2. The maximum absolute atomic E-state index is 14.7. The predicted octanol–water partition coefficient (Wildman–Crippen LogP) is 5.52. The molecule has 1 aromatic carbocycles. The van der Waals surface area contributed by atoms with Crippen molar-refractivity contribution in [2.45, 2.75) is 65.2 Å². The van der Waals surface area contributed by atoms with E-state index in [1.165, 1.54) is 6.08 Å². The van der Waals surface area contributed by atoms with E-state index in [9.17, 15) is 27.9 Å². The minimum atomic E-state index is -1.61. The maximum atomic E-state index is 14.7. The van der Waals surface area contributed by atoms with Gasteiger partial charge in [-0.25, -0.2) is 18.0 Å². The Balaban J connectivity index is 2.70. The molecule has 1 aliphatic carbocycles. The van der Waals surface area contributed by atoms with Gasteiger partial charge in [0.25, 0.3) is 0 Å². The van der Waals surface area contributed by atoms with Gasteiger partial charge in [-0.15, -0.1) is 0 Å². The van der Waals surface area contributed by atoms with Crippen LogP contribution in [0, 0.1) is 17.5 Å². The number of carbonyl (C=O) groups excluding carboxylic acids is 1. The van der Waals surface area contributed by atoms with Gasteiger partial charge < -0.3 is 10.0 Å². The largest absolute Gasteiger partial charge is 0.478 e. The lowest BCUT2D eigenvalue weighted by molar-refractivity contribution is -0.132. The Morgan fingerprint density at radius 1 is 1.03 bits per heavy atom. The van der Waals surface area contributed by atoms with Crippen molar-refractivity contribution in [1.82, 2.24) is 4.90 Å². The highest BCUT2D eigenvalue weighted by molar-refractivity contribution is 6.01. The van der Waals surface area contributed by atoms with E-state index < -0.39 is 28.8 Å². The Morgan fingerprint density at radius 3 is 2.16 bits per heavy atom. The molecule has 0 aliphatic heterocycles. The van der Waals surface area contributed by atoms with Crippen molar-refractivity contribution < 1.29 is 27.9 Å². The quantitative estimate of drug-likeness (QED) is 0.518. The van der Waals surface area contributed by atoms with Gasteiger partial charge in [0, 0.05) is 29.6 Å². The number of carboxylic acids is 1. The summed E-state index contributed by atoms with van der Waals surface area (Å²) in [7, 11) is 0. The molecule has 1 atom stereocenters. The highest BCUT2D eigenvalue weighted by Gasteiger charge is 2.40. The van der Waals surface area contributed by atoms with Gasteiger partial charge in [0.05, 0.1) is 5.57 Å². The number of halogens is 3. The Labute approximate surface area is 181 Å². The van der Waals surface area contributed by atoms with E-state index >= 15 is 0 Å². The first-order valence-corrected chi connectivity index (χ1v) is 10.7. The Kier molecular flexibility index (Phi) is 8.09. The van der Waals surface area contributed by atoms with Crippen LogP contribution >= 0.6 is 0 Å². The number of amides is 1. The number of nitrogens with zero attached hydrogens (tertiary/aromatic N) is 1. The van der Waals surface area contributed by atoms with Crippen LogP contribution in [0.2, 0.25) is 0 Å². The molecule has 1 unspecified atom stereocenters. The van der Waals surface area contributed by atoms with Gasteiger partial charge in [-0.2, -0.15) is 0 Å². The second-order valence-electron chi connectivity index (χ2n) is 8.18. The summed E-state index contributed by atoms with van der Waals surface area (Å²) in [5, 5.41) is 9.87. The van der Waals surface area contributed by atoms with Crippen molar-refractivity contribution in [1.29, 1.82) is 0 Å². The first kappa shape index (κ1) is 24.7. The van der Waals surface area contributed by atoms with E-state index in [-0.39, 0.29) is 23.5 Å². The zero-order valence-corrected chi connectivity index (χ0v) is 18.5. The van der Waals surface area contributed by atoms with Crippen LogP contribution in [-0.2, 0) is 15.0 Å². The number of aliphatic carboxylic acids is 1. The molecule has 0 spiro atoms. The molecule has 170 valence electrons. The number of allylic oxidation sites excluding steroid dienone is 1. The first-order valence-electron chi connectivity index (χ1n) is 10.7. The van der Waals surface area contributed by atoms with Crippen molar-refractivity contribution in [3.05, 3.63) is 57.9 Å². The summed E-state index contributed by atoms with van der Waals surface area (Å²) in [6.07, 6.45) is 3.84. The van der Waals surface area contributed by atoms with E-state index in [1.807, 2.05) is 20.8 Å². The molecule has 0 saturated heterocycles. The van der Waals surface area contributed by atoms with Crippen LogP contribution in [0.25, 0.3) is 0 Å². The predicted molar refractivity (Wildman–Crippen MR) is 113 cm³/mol.